The van der Waals surface area contributed by atoms with E-state index in [-0.39, 0.29) is 11.2 Å². The Balaban J connectivity index is 1.94. The van der Waals surface area contributed by atoms with E-state index in [9.17, 15) is 4.39 Å². The molecule has 1 fully saturated rings. The van der Waals surface area contributed by atoms with Gasteiger partial charge in [-0.2, -0.15) is 0 Å². The number of aryl methyl sites for hydroxylation is 1. The summed E-state index contributed by atoms with van der Waals surface area (Å²) >= 11 is 5.82. The van der Waals surface area contributed by atoms with Crippen LogP contribution in [0.15, 0.2) is 42.5 Å². The normalized spacial score (nSPS) is 16.8. The summed E-state index contributed by atoms with van der Waals surface area (Å²) in [6.07, 6.45) is 0.701. The SMILES string of the molecule is Cc1cccc(C2(Cc3ccc(Cl)cc3F)CNC2)c1. The van der Waals surface area contributed by atoms with Crippen molar-refractivity contribution in [3.05, 3.63) is 70.0 Å². The van der Waals surface area contributed by atoms with Crippen molar-refractivity contribution in [3.63, 3.8) is 0 Å². The van der Waals surface area contributed by atoms with Gasteiger partial charge in [0, 0.05) is 23.5 Å². The predicted molar refractivity (Wildman–Crippen MR) is 80.8 cm³/mol. The lowest BCUT2D eigenvalue weighted by molar-refractivity contribution is 0.272. The molecular formula is C17H17ClFN. The van der Waals surface area contributed by atoms with Gasteiger partial charge in [0.25, 0.3) is 0 Å². The summed E-state index contributed by atoms with van der Waals surface area (Å²) in [4.78, 5) is 0. The zero-order chi connectivity index (χ0) is 14.2. The molecule has 1 saturated heterocycles. The number of benzene rings is 2. The summed E-state index contributed by atoms with van der Waals surface area (Å²) < 4.78 is 14.0. The lowest BCUT2D eigenvalue weighted by Gasteiger charge is -2.43. The Labute approximate surface area is 123 Å². The zero-order valence-corrected chi connectivity index (χ0v) is 12.2. The van der Waals surface area contributed by atoms with E-state index in [4.69, 9.17) is 11.6 Å². The topological polar surface area (TPSA) is 12.0 Å². The molecule has 2 aromatic rings. The maximum Gasteiger partial charge on any atom is 0.127 e. The largest absolute Gasteiger partial charge is 0.315 e. The van der Waals surface area contributed by atoms with Gasteiger partial charge in [-0.05, 0) is 36.6 Å². The second-order valence-electron chi connectivity index (χ2n) is 5.67. The number of halogens is 2. The minimum atomic E-state index is -0.212. The molecule has 0 atom stereocenters. The maximum absolute atomic E-state index is 14.0. The number of hydrogen-bond acceptors (Lipinski definition) is 1. The monoisotopic (exact) mass is 289 g/mol. The molecule has 0 saturated carbocycles. The van der Waals surface area contributed by atoms with E-state index in [1.54, 1.807) is 12.1 Å². The number of nitrogens with one attached hydrogen (secondary N) is 1. The molecule has 0 aromatic heterocycles. The van der Waals surface area contributed by atoms with Crippen molar-refractivity contribution in [2.75, 3.05) is 13.1 Å². The van der Waals surface area contributed by atoms with Gasteiger partial charge in [0.05, 0.1) is 0 Å². The van der Waals surface area contributed by atoms with Crippen LogP contribution in [0.25, 0.3) is 0 Å². The molecule has 1 aliphatic heterocycles. The van der Waals surface area contributed by atoms with Gasteiger partial charge >= 0.3 is 0 Å². The first-order valence-corrected chi connectivity index (χ1v) is 7.19. The number of rotatable bonds is 3. The standard InChI is InChI=1S/C17H17ClFN/c1-12-3-2-4-14(7-12)17(10-20-11-17)9-13-5-6-15(18)8-16(13)19/h2-8,20H,9-11H2,1H3. The van der Waals surface area contributed by atoms with Crippen LogP contribution in [0.2, 0.25) is 5.02 Å². The minimum Gasteiger partial charge on any atom is -0.315 e. The molecule has 0 radical (unpaired) electrons. The average Bonchev–Trinajstić information content (AvgIpc) is 2.36. The van der Waals surface area contributed by atoms with E-state index >= 15 is 0 Å². The quantitative estimate of drug-likeness (QED) is 0.904. The van der Waals surface area contributed by atoms with Crippen LogP contribution in [-0.2, 0) is 11.8 Å². The Hall–Kier alpha value is -1.38. The summed E-state index contributed by atoms with van der Waals surface area (Å²) in [5.74, 6) is -0.212. The molecule has 1 heterocycles. The van der Waals surface area contributed by atoms with Crippen molar-refractivity contribution < 1.29 is 4.39 Å². The summed E-state index contributed by atoms with van der Waals surface area (Å²) in [5, 5.41) is 3.77. The molecule has 0 spiro atoms. The highest BCUT2D eigenvalue weighted by Gasteiger charge is 2.39. The van der Waals surface area contributed by atoms with Crippen LogP contribution in [-0.4, -0.2) is 13.1 Å². The molecule has 0 aliphatic carbocycles. The molecular weight excluding hydrogens is 273 g/mol. The van der Waals surface area contributed by atoms with Crippen molar-refractivity contribution in [2.45, 2.75) is 18.8 Å². The van der Waals surface area contributed by atoms with E-state index in [1.807, 2.05) is 0 Å². The summed E-state index contributed by atoms with van der Waals surface area (Å²) in [6.45, 7) is 3.86. The van der Waals surface area contributed by atoms with Gasteiger partial charge in [-0.15, -0.1) is 0 Å². The lowest BCUT2D eigenvalue weighted by atomic mass is 9.70. The smallest absolute Gasteiger partial charge is 0.127 e. The molecule has 3 rings (SSSR count). The Morgan fingerprint density at radius 3 is 2.60 bits per heavy atom. The first-order valence-electron chi connectivity index (χ1n) is 6.81. The molecule has 0 bridgehead atoms. The maximum atomic E-state index is 14.0. The van der Waals surface area contributed by atoms with E-state index in [2.05, 4.69) is 36.5 Å². The minimum absolute atomic E-state index is 0.000684. The zero-order valence-electron chi connectivity index (χ0n) is 11.4. The van der Waals surface area contributed by atoms with E-state index in [0.717, 1.165) is 18.7 Å². The van der Waals surface area contributed by atoms with E-state index in [0.29, 0.717) is 11.4 Å². The number of hydrogen-bond donors (Lipinski definition) is 1. The van der Waals surface area contributed by atoms with Crippen molar-refractivity contribution in [3.8, 4) is 0 Å². The highest BCUT2D eigenvalue weighted by atomic mass is 35.5. The highest BCUT2D eigenvalue weighted by Crippen LogP contribution is 2.34. The molecule has 1 aliphatic rings. The van der Waals surface area contributed by atoms with Gasteiger partial charge in [-0.3, -0.25) is 0 Å². The second-order valence-corrected chi connectivity index (χ2v) is 6.10. The summed E-state index contributed by atoms with van der Waals surface area (Å²) in [6, 6.07) is 13.5. The molecule has 1 nitrogen and oxygen atoms in total. The van der Waals surface area contributed by atoms with Crippen LogP contribution in [0.5, 0.6) is 0 Å². The summed E-state index contributed by atoms with van der Waals surface area (Å²) in [7, 11) is 0. The molecule has 3 heteroatoms. The molecule has 0 amide bonds. The van der Waals surface area contributed by atoms with E-state index < -0.39 is 0 Å². The lowest BCUT2D eigenvalue weighted by Crippen LogP contribution is -2.58. The third-order valence-corrected chi connectivity index (χ3v) is 4.34. The fraction of sp³-hybridized carbons (Fsp3) is 0.294. The molecule has 1 N–H and O–H groups in total. The first kappa shape index (κ1) is 13.6. The Morgan fingerprint density at radius 2 is 2.00 bits per heavy atom. The van der Waals surface area contributed by atoms with Crippen LogP contribution < -0.4 is 5.32 Å². The third kappa shape index (κ3) is 2.46. The molecule has 2 aromatic carbocycles. The highest BCUT2D eigenvalue weighted by molar-refractivity contribution is 6.30. The predicted octanol–water partition coefficient (Wildman–Crippen LogP) is 3.87. The molecule has 20 heavy (non-hydrogen) atoms. The second kappa shape index (κ2) is 5.19. The first-order chi connectivity index (χ1) is 9.59. The summed E-state index contributed by atoms with van der Waals surface area (Å²) in [5.41, 5.74) is 3.26. The van der Waals surface area contributed by atoms with Gasteiger partial charge in [0.1, 0.15) is 5.82 Å². The third-order valence-electron chi connectivity index (χ3n) is 4.10. The van der Waals surface area contributed by atoms with Gasteiger partial charge in [-0.25, -0.2) is 4.39 Å². The van der Waals surface area contributed by atoms with Gasteiger partial charge in [0.2, 0.25) is 0 Å². The van der Waals surface area contributed by atoms with Crippen molar-refractivity contribution in [2.24, 2.45) is 0 Å². The van der Waals surface area contributed by atoms with Crippen molar-refractivity contribution in [1.82, 2.24) is 5.32 Å². The van der Waals surface area contributed by atoms with Crippen LogP contribution in [0.4, 0.5) is 4.39 Å². The van der Waals surface area contributed by atoms with Gasteiger partial charge in [-0.1, -0.05) is 47.5 Å². The Bertz CT molecular complexity index is 635. The van der Waals surface area contributed by atoms with Gasteiger partial charge in [0.15, 0.2) is 0 Å². The van der Waals surface area contributed by atoms with Crippen LogP contribution in [0.1, 0.15) is 16.7 Å². The van der Waals surface area contributed by atoms with Crippen molar-refractivity contribution >= 4 is 11.6 Å². The fourth-order valence-electron chi connectivity index (χ4n) is 2.86. The van der Waals surface area contributed by atoms with Crippen LogP contribution in [0, 0.1) is 12.7 Å². The molecule has 104 valence electrons. The van der Waals surface area contributed by atoms with Crippen LogP contribution >= 0.6 is 11.6 Å². The Morgan fingerprint density at radius 1 is 1.20 bits per heavy atom. The Kier molecular flexibility index (Phi) is 3.53. The van der Waals surface area contributed by atoms with Crippen molar-refractivity contribution in [1.29, 1.82) is 0 Å². The molecule has 0 unspecified atom stereocenters. The van der Waals surface area contributed by atoms with Crippen LogP contribution in [0.3, 0.4) is 0 Å². The van der Waals surface area contributed by atoms with E-state index in [1.165, 1.54) is 17.2 Å². The fourth-order valence-corrected chi connectivity index (χ4v) is 3.02. The van der Waals surface area contributed by atoms with Gasteiger partial charge < -0.3 is 5.32 Å². The average molecular weight is 290 g/mol.